The van der Waals surface area contributed by atoms with Gasteiger partial charge in [-0.15, -0.1) is 0 Å². The minimum Gasteiger partial charge on any atom is -0.359 e. The second-order valence-corrected chi connectivity index (χ2v) is 4.10. The smallest absolute Gasteiger partial charge is 0.147 e. The Kier molecular flexibility index (Phi) is 1.99. The quantitative estimate of drug-likeness (QED) is 0.733. The first kappa shape index (κ1) is 8.92. The van der Waals surface area contributed by atoms with Crippen molar-refractivity contribution in [3.8, 4) is 0 Å². The number of H-pyrrole nitrogens is 1. The topological polar surface area (TPSA) is 27.8 Å². The Morgan fingerprint density at radius 3 is 3.07 bits per heavy atom. The number of benzene rings is 1. The van der Waals surface area contributed by atoms with Gasteiger partial charge in [0.1, 0.15) is 5.82 Å². The standard InChI is InChI=1S/C12H13FN2/c13-11-3-1-2-9-10(7-15-12(9)11)8-4-5-14-6-8/h1-3,7-8,14-15H,4-6H2/t8-/m0/s1. The molecule has 3 rings (SSSR count). The molecule has 1 saturated heterocycles. The van der Waals surface area contributed by atoms with Crippen LogP contribution in [0.25, 0.3) is 10.9 Å². The summed E-state index contributed by atoms with van der Waals surface area (Å²) < 4.78 is 13.4. The molecule has 0 unspecified atom stereocenters. The van der Waals surface area contributed by atoms with Crippen LogP contribution in [0.2, 0.25) is 0 Å². The van der Waals surface area contributed by atoms with Gasteiger partial charge < -0.3 is 10.3 Å². The van der Waals surface area contributed by atoms with E-state index >= 15 is 0 Å². The van der Waals surface area contributed by atoms with Gasteiger partial charge >= 0.3 is 0 Å². The maximum atomic E-state index is 13.4. The molecule has 2 N–H and O–H groups in total. The molecule has 15 heavy (non-hydrogen) atoms. The van der Waals surface area contributed by atoms with Crippen molar-refractivity contribution in [1.82, 2.24) is 10.3 Å². The van der Waals surface area contributed by atoms with Gasteiger partial charge in [-0.05, 0) is 30.5 Å². The minimum absolute atomic E-state index is 0.162. The van der Waals surface area contributed by atoms with Gasteiger partial charge in [0, 0.05) is 18.1 Å². The molecule has 3 heteroatoms. The van der Waals surface area contributed by atoms with E-state index < -0.39 is 0 Å². The van der Waals surface area contributed by atoms with Crippen LogP contribution in [0, 0.1) is 5.82 Å². The normalized spacial score (nSPS) is 21.3. The highest BCUT2D eigenvalue weighted by atomic mass is 19.1. The minimum atomic E-state index is -0.162. The molecule has 0 aliphatic carbocycles. The van der Waals surface area contributed by atoms with E-state index in [4.69, 9.17) is 0 Å². The summed E-state index contributed by atoms with van der Waals surface area (Å²) in [6.07, 6.45) is 3.09. The van der Waals surface area contributed by atoms with Crippen LogP contribution in [0.3, 0.4) is 0 Å². The fourth-order valence-corrected chi connectivity index (χ4v) is 2.40. The molecule has 1 aromatic carbocycles. The zero-order valence-corrected chi connectivity index (χ0v) is 8.39. The molecule has 0 saturated carbocycles. The van der Waals surface area contributed by atoms with E-state index in [1.807, 2.05) is 12.3 Å². The zero-order chi connectivity index (χ0) is 10.3. The third-order valence-corrected chi connectivity index (χ3v) is 3.20. The molecule has 2 aromatic rings. The van der Waals surface area contributed by atoms with Crippen LogP contribution < -0.4 is 5.32 Å². The first-order valence-electron chi connectivity index (χ1n) is 5.32. The highest BCUT2D eigenvalue weighted by Gasteiger charge is 2.20. The van der Waals surface area contributed by atoms with E-state index in [0.717, 1.165) is 24.9 Å². The number of aromatic nitrogens is 1. The first-order chi connectivity index (χ1) is 7.36. The Morgan fingerprint density at radius 1 is 1.33 bits per heavy atom. The van der Waals surface area contributed by atoms with Gasteiger partial charge in [0.2, 0.25) is 0 Å². The van der Waals surface area contributed by atoms with Crippen LogP contribution in [0.15, 0.2) is 24.4 Å². The predicted octanol–water partition coefficient (Wildman–Crippen LogP) is 2.38. The van der Waals surface area contributed by atoms with Crippen LogP contribution in [0.4, 0.5) is 4.39 Å². The summed E-state index contributed by atoms with van der Waals surface area (Å²) in [5, 5.41) is 4.36. The second kappa shape index (κ2) is 3.35. The molecule has 1 aliphatic heterocycles. The lowest BCUT2D eigenvalue weighted by Gasteiger charge is -2.06. The molecule has 1 atom stereocenters. The van der Waals surface area contributed by atoms with Gasteiger partial charge in [0.25, 0.3) is 0 Å². The lowest BCUT2D eigenvalue weighted by atomic mass is 9.98. The number of nitrogens with one attached hydrogen (secondary N) is 2. The second-order valence-electron chi connectivity index (χ2n) is 4.10. The van der Waals surface area contributed by atoms with Crippen molar-refractivity contribution < 1.29 is 4.39 Å². The molecular formula is C12H13FN2. The average Bonchev–Trinajstić information content (AvgIpc) is 2.85. The average molecular weight is 204 g/mol. The van der Waals surface area contributed by atoms with Crippen molar-refractivity contribution in [3.05, 3.63) is 35.8 Å². The molecule has 0 bridgehead atoms. The molecular weight excluding hydrogens is 191 g/mol. The molecule has 0 spiro atoms. The fourth-order valence-electron chi connectivity index (χ4n) is 2.40. The molecule has 0 amide bonds. The van der Waals surface area contributed by atoms with Gasteiger partial charge in [0.05, 0.1) is 5.52 Å². The Balaban J connectivity index is 2.15. The molecule has 78 valence electrons. The Bertz CT molecular complexity index is 483. The van der Waals surface area contributed by atoms with E-state index in [2.05, 4.69) is 10.3 Å². The summed E-state index contributed by atoms with van der Waals surface area (Å²) in [6, 6.07) is 5.26. The van der Waals surface area contributed by atoms with Gasteiger partial charge in [-0.25, -0.2) is 4.39 Å². The van der Waals surface area contributed by atoms with Gasteiger partial charge in [-0.2, -0.15) is 0 Å². The molecule has 1 fully saturated rings. The Hall–Kier alpha value is -1.35. The molecule has 1 aromatic heterocycles. The number of aromatic amines is 1. The summed E-state index contributed by atoms with van der Waals surface area (Å²) >= 11 is 0. The number of rotatable bonds is 1. The summed E-state index contributed by atoms with van der Waals surface area (Å²) in [5.41, 5.74) is 1.88. The van der Waals surface area contributed by atoms with E-state index in [1.165, 1.54) is 11.6 Å². The van der Waals surface area contributed by atoms with Crippen LogP contribution in [-0.4, -0.2) is 18.1 Å². The van der Waals surface area contributed by atoms with Crippen molar-refractivity contribution in [2.45, 2.75) is 12.3 Å². The van der Waals surface area contributed by atoms with Gasteiger partial charge in [-0.1, -0.05) is 12.1 Å². The Labute approximate surface area is 87.5 Å². The third kappa shape index (κ3) is 1.35. The largest absolute Gasteiger partial charge is 0.359 e. The Morgan fingerprint density at radius 2 is 2.27 bits per heavy atom. The SMILES string of the molecule is Fc1cccc2c([C@H]3CCNC3)c[nH]c12. The molecule has 2 nitrogen and oxygen atoms in total. The van der Waals surface area contributed by atoms with Crippen molar-refractivity contribution in [2.24, 2.45) is 0 Å². The number of para-hydroxylation sites is 1. The van der Waals surface area contributed by atoms with Crippen molar-refractivity contribution in [3.63, 3.8) is 0 Å². The van der Waals surface area contributed by atoms with Crippen LogP contribution in [0.1, 0.15) is 17.9 Å². The van der Waals surface area contributed by atoms with Crippen LogP contribution in [-0.2, 0) is 0 Å². The lowest BCUT2D eigenvalue weighted by Crippen LogP contribution is -2.07. The van der Waals surface area contributed by atoms with E-state index in [9.17, 15) is 4.39 Å². The number of halogens is 1. The molecule has 1 aliphatic rings. The maximum Gasteiger partial charge on any atom is 0.147 e. The van der Waals surface area contributed by atoms with E-state index in [0.29, 0.717) is 11.4 Å². The maximum absolute atomic E-state index is 13.4. The highest BCUT2D eigenvalue weighted by Crippen LogP contribution is 2.30. The van der Waals surface area contributed by atoms with Crippen LogP contribution >= 0.6 is 0 Å². The number of hydrogen-bond donors (Lipinski definition) is 2. The zero-order valence-electron chi connectivity index (χ0n) is 8.39. The number of fused-ring (bicyclic) bond motifs is 1. The number of hydrogen-bond acceptors (Lipinski definition) is 1. The summed E-state index contributed by atoms with van der Waals surface area (Å²) in [7, 11) is 0. The summed E-state index contributed by atoms with van der Waals surface area (Å²) in [6.45, 7) is 2.07. The summed E-state index contributed by atoms with van der Waals surface area (Å²) in [5.74, 6) is 0.366. The van der Waals surface area contributed by atoms with Gasteiger partial charge in [-0.3, -0.25) is 0 Å². The van der Waals surface area contributed by atoms with E-state index in [-0.39, 0.29) is 5.82 Å². The van der Waals surface area contributed by atoms with E-state index in [1.54, 1.807) is 6.07 Å². The van der Waals surface area contributed by atoms with Gasteiger partial charge in [0.15, 0.2) is 0 Å². The fraction of sp³-hybridized carbons (Fsp3) is 0.333. The highest BCUT2D eigenvalue weighted by molar-refractivity contribution is 5.84. The third-order valence-electron chi connectivity index (χ3n) is 3.20. The predicted molar refractivity (Wildman–Crippen MR) is 58.5 cm³/mol. The first-order valence-corrected chi connectivity index (χ1v) is 5.32. The van der Waals surface area contributed by atoms with Crippen molar-refractivity contribution in [2.75, 3.05) is 13.1 Å². The molecule has 2 heterocycles. The lowest BCUT2D eigenvalue weighted by molar-refractivity contribution is 0.637. The monoisotopic (exact) mass is 204 g/mol. The van der Waals surface area contributed by atoms with Crippen LogP contribution in [0.5, 0.6) is 0 Å². The van der Waals surface area contributed by atoms with Crippen molar-refractivity contribution in [1.29, 1.82) is 0 Å². The van der Waals surface area contributed by atoms with Crippen molar-refractivity contribution >= 4 is 10.9 Å². The summed E-state index contributed by atoms with van der Waals surface area (Å²) in [4.78, 5) is 3.03. The molecule has 0 radical (unpaired) electrons.